The number of urea groups is 1. The Morgan fingerprint density at radius 3 is 2.50 bits per heavy atom. The third-order valence-electron chi connectivity index (χ3n) is 4.35. The van der Waals surface area contributed by atoms with Crippen LogP contribution >= 0.6 is 0 Å². The quantitative estimate of drug-likeness (QED) is 0.770. The van der Waals surface area contributed by atoms with Crippen molar-refractivity contribution < 1.29 is 19.8 Å². The standard InChI is InChI=1S/C14H24N2O4/c17-9-3-8-15(11-4-1-5-11)14(20)16-7-2-6-12(16)10-13(18)19/h11-12,17H,1-10H2,(H,18,19). The zero-order valence-electron chi connectivity index (χ0n) is 11.8. The second-order valence-corrected chi connectivity index (χ2v) is 5.73. The van der Waals surface area contributed by atoms with E-state index in [0.717, 1.165) is 32.1 Å². The van der Waals surface area contributed by atoms with Crippen molar-refractivity contribution in [1.82, 2.24) is 9.80 Å². The van der Waals surface area contributed by atoms with E-state index in [9.17, 15) is 9.59 Å². The number of likely N-dealkylation sites (tertiary alicyclic amines) is 1. The van der Waals surface area contributed by atoms with Crippen LogP contribution in [-0.2, 0) is 4.79 Å². The summed E-state index contributed by atoms with van der Waals surface area (Å²) >= 11 is 0. The van der Waals surface area contributed by atoms with Crippen LogP contribution in [0.2, 0.25) is 0 Å². The number of aliphatic carboxylic acids is 1. The smallest absolute Gasteiger partial charge is 0.320 e. The molecule has 1 unspecified atom stereocenters. The van der Waals surface area contributed by atoms with Crippen LogP contribution in [0.5, 0.6) is 0 Å². The van der Waals surface area contributed by atoms with Crippen molar-refractivity contribution >= 4 is 12.0 Å². The maximum atomic E-state index is 12.7. The molecular formula is C14H24N2O4. The van der Waals surface area contributed by atoms with Crippen molar-refractivity contribution in [2.45, 2.75) is 57.0 Å². The van der Waals surface area contributed by atoms with Gasteiger partial charge in [-0.3, -0.25) is 4.79 Å². The highest BCUT2D eigenvalue weighted by molar-refractivity contribution is 5.77. The van der Waals surface area contributed by atoms with Crippen molar-refractivity contribution in [3.05, 3.63) is 0 Å². The SMILES string of the molecule is O=C(O)CC1CCCN1C(=O)N(CCCO)C1CCC1. The van der Waals surface area contributed by atoms with Crippen LogP contribution < -0.4 is 0 Å². The van der Waals surface area contributed by atoms with E-state index in [1.807, 2.05) is 4.90 Å². The lowest BCUT2D eigenvalue weighted by Crippen LogP contribution is -2.52. The number of aliphatic hydroxyl groups is 1. The van der Waals surface area contributed by atoms with Gasteiger partial charge < -0.3 is 20.0 Å². The minimum atomic E-state index is -0.847. The highest BCUT2D eigenvalue weighted by Crippen LogP contribution is 2.29. The fourth-order valence-electron chi connectivity index (χ4n) is 3.04. The molecule has 20 heavy (non-hydrogen) atoms. The van der Waals surface area contributed by atoms with E-state index in [-0.39, 0.29) is 31.1 Å². The molecule has 1 atom stereocenters. The Bertz CT molecular complexity index is 357. The molecular weight excluding hydrogens is 260 g/mol. The highest BCUT2D eigenvalue weighted by atomic mass is 16.4. The molecule has 0 aromatic heterocycles. The first-order valence-electron chi connectivity index (χ1n) is 7.53. The number of carbonyl (C=O) groups excluding carboxylic acids is 1. The second-order valence-electron chi connectivity index (χ2n) is 5.73. The number of carboxylic acid groups (broad SMARTS) is 1. The maximum Gasteiger partial charge on any atom is 0.320 e. The summed E-state index contributed by atoms with van der Waals surface area (Å²) in [6.07, 6.45) is 5.46. The van der Waals surface area contributed by atoms with Crippen LogP contribution in [0.4, 0.5) is 4.79 Å². The molecule has 0 aromatic carbocycles. The number of rotatable bonds is 6. The highest BCUT2D eigenvalue weighted by Gasteiger charge is 2.36. The molecule has 0 radical (unpaired) electrons. The van der Waals surface area contributed by atoms with Gasteiger partial charge in [-0.05, 0) is 38.5 Å². The van der Waals surface area contributed by atoms with Crippen molar-refractivity contribution in [3.8, 4) is 0 Å². The monoisotopic (exact) mass is 284 g/mol. The molecule has 1 heterocycles. The Balaban J connectivity index is 1.99. The van der Waals surface area contributed by atoms with Gasteiger partial charge in [0.1, 0.15) is 0 Å². The molecule has 0 spiro atoms. The van der Waals surface area contributed by atoms with E-state index in [1.165, 1.54) is 0 Å². The molecule has 114 valence electrons. The van der Waals surface area contributed by atoms with Gasteiger partial charge in [0.05, 0.1) is 6.42 Å². The van der Waals surface area contributed by atoms with Crippen LogP contribution in [0.25, 0.3) is 0 Å². The van der Waals surface area contributed by atoms with Crippen molar-refractivity contribution in [2.24, 2.45) is 0 Å². The first kappa shape index (κ1) is 15.1. The van der Waals surface area contributed by atoms with Crippen molar-refractivity contribution in [2.75, 3.05) is 19.7 Å². The molecule has 1 aliphatic heterocycles. The summed E-state index contributed by atoms with van der Waals surface area (Å²) in [4.78, 5) is 27.1. The van der Waals surface area contributed by atoms with Crippen molar-refractivity contribution in [3.63, 3.8) is 0 Å². The second kappa shape index (κ2) is 6.92. The van der Waals surface area contributed by atoms with E-state index in [1.54, 1.807) is 4.90 Å². The average Bonchev–Trinajstić information content (AvgIpc) is 2.78. The Morgan fingerprint density at radius 1 is 1.20 bits per heavy atom. The Hall–Kier alpha value is -1.30. The molecule has 6 nitrogen and oxygen atoms in total. The maximum absolute atomic E-state index is 12.7. The number of carboxylic acids is 1. The molecule has 1 saturated heterocycles. The van der Waals surface area contributed by atoms with Gasteiger partial charge in [0.25, 0.3) is 0 Å². The minimum Gasteiger partial charge on any atom is -0.481 e. The normalized spacial score (nSPS) is 22.6. The fraction of sp³-hybridized carbons (Fsp3) is 0.857. The molecule has 2 fully saturated rings. The Morgan fingerprint density at radius 2 is 1.95 bits per heavy atom. The summed E-state index contributed by atoms with van der Waals surface area (Å²) in [6, 6.07) is 0.0729. The lowest BCUT2D eigenvalue weighted by atomic mass is 9.91. The third-order valence-corrected chi connectivity index (χ3v) is 4.35. The summed E-state index contributed by atoms with van der Waals surface area (Å²) in [5.41, 5.74) is 0. The van der Waals surface area contributed by atoms with Gasteiger partial charge in [-0.1, -0.05) is 0 Å². The number of hydrogen-bond donors (Lipinski definition) is 2. The molecule has 0 aromatic rings. The molecule has 2 rings (SSSR count). The molecule has 1 aliphatic carbocycles. The average molecular weight is 284 g/mol. The van der Waals surface area contributed by atoms with E-state index in [2.05, 4.69) is 0 Å². The van der Waals surface area contributed by atoms with E-state index < -0.39 is 5.97 Å². The molecule has 2 amide bonds. The molecule has 2 aliphatic rings. The van der Waals surface area contributed by atoms with Gasteiger partial charge in [0, 0.05) is 31.8 Å². The summed E-state index contributed by atoms with van der Waals surface area (Å²) in [5.74, 6) is -0.847. The number of aliphatic hydroxyl groups excluding tert-OH is 1. The summed E-state index contributed by atoms with van der Waals surface area (Å²) in [6.45, 7) is 1.30. The van der Waals surface area contributed by atoms with Gasteiger partial charge in [-0.15, -0.1) is 0 Å². The van der Waals surface area contributed by atoms with E-state index in [4.69, 9.17) is 10.2 Å². The van der Waals surface area contributed by atoms with Gasteiger partial charge >= 0.3 is 12.0 Å². The Kier molecular flexibility index (Phi) is 5.23. The van der Waals surface area contributed by atoms with Crippen LogP contribution in [0.15, 0.2) is 0 Å². The molecule has 0 bridgehead atoms. The zero-order valence-corrected chi connectivity index (χ0v) is 11.8. The largest absolute Gasteiger partial charge is 0.481 e. The first-order valence-corrected chi connectivity index (χ1v) is 7.53. The van der Waals surface area contributed by atoms with Crippen LogP contribution in [0.1, 0.15) is 44.9 Å². The Labute approximate surface area is 119 Å². The van der Waals surface area contributed by atoms with Gasteiger partial charge in [0.2, 0.25) is 0 Å². The third kappa shape index (κ3) is 3.42. The van der Waals surface area contributed by atoms with Crippen LogP contribution in [-0.4, -0.2) is 63.8 Å². The predicted molar refractivity (Wildman–Crippen MR) is 73.4 cm³/mol. The van der Waals surface area contributed by atoms with Crippen LogP contribution in [0.3, 0.4) is 0 Å². The van der Waals surface area contributed by atoms with Gasteiger partial charge in [-0.25, -0.2) is 4.79 Å². The van der Waals surface area contributed by atoms with E-state index >= 15 is 0 Å². The zero-order chi connectivity index (χ0) is 14.5. The molecule has 1 saturated carbocycles. The minimum absolute atomic E-state index is 0.0320. The lowest BCUT2D eigenvalue weighted by Gasteiger charge is -2.40. The number of nitrogens with zero attached hydrogens (tertiary/aromatic N) is 2. The number of carbonyl (C=O) groups is 2. The summed E-state index contributed by atoms with van der Waals surface area (Å²) in [5, 5.41) is 17.9. The topological polar surface area (TPSA) is 81.1 Å². The predicted octanol–water partition coefficient (Wildman–Crippen LogP) is 1.28. The van der Waals surface area contributed by atoms with Crippen molar-refractivity contribution in [1.29, 1.82) is 0 Å². The lowest BCUT2D eigenvalue weighted by molar-refractivity contribution is -0.138. The summed E-state index contributed by atoms with van der Waals surface area (Å²) < 4.78 is 0. The van der Waals surface area contributed by atoms with Gasteiger partial charge in [0.15, 0.2) is 0 Å². The van der Waals surface area contributed by atoms with Crippen LogP contribution in [0, 0.1) is 0 Å². The molecule has 2 N–H and O–H groups in total. The van der Waals surface area contributed by atoms with Gasteiger partial charge in [-0.2, -0.15) is 0 Å². The molecule has 6 heteroatoms. The summed E-state index contributed by atoms with van der Waals surface area (Å²) in [7, 11) is 0. The number of amides is 2. The fourth-order valence-corrected chi connectivity index (χ4v) is 3.04. The number of hydrogen-bond acceptors (Lipinski definition) is 3. The first-order chi connectivity index (χ1) is 9.63. The van der Waals surface area contributed by atoms with E-state index in [0.29, 0.717) is 19.5 Å².